The van der Waals surface area contributed by atoms with E-state index in [0.717, 1.165) is 0 Å². The Morgan fingerprint density at radius 1 is 1.29 bits per heavy atom. The van der Waals surface area contributed by atoms with Gasteiger partial charge in [0.2, 0.25) is 0 Å². The van der Waals surface area contributed by atoms with E-state index in [1.54, 1.807) is 0 Å². The third kappa shape index (κ3) is 1.28. The van der Waals surface area contributed by atoms with Crippen molar-refractivity contribution in [3.05, 3.63) is 12.7 Å². The largest absolute Gasteiger partial charge is 0.377 e. The number of nitrogens with zero attached hydrogens (tertiary/aromatic N) is 4. The summed E-state index contributed by atoms with van der Waals surface area (Å²) in [6, 6.07) is 0. The highest BCUT2D eigenvalue weighted by Crippen LogP contribution is 2.16. The zero-order valence-corrected chi connectivity index (χ0v) is 7.25. The SMILES string of the molecule is OCNc1ncnc2c1ncn2CO. The van der Waals surface area contributed by atoms with E-state index < -0.39 is 0 Å². The molecule has 2 rings (SSSR count). The third-order valence-electron chi connectivity index (χ3n) is 1.80. The van der Waals surface area contributed by atoms with Gasteiger partial charge in [0.25, 0.3) is 0 Å². The van der Waals surface area contributed by atoms with E-state index >= 15 is 0 Å². The number of imidazole rings is 1. The molecule has 0 saturated heterocycles. The van der Waals surface area contributed by atoms with Gasteiger partial charge in [-0.15, -0.1) is 0 Å². The third-order valence-corrected chi connectivity index (χ3v) is 1.80. The molecule has 7 heteroatoms. The van der Waals surface area contributed by atoms with Crippen molar-refractivity contribution < 1.29 is 10.2 Å². The average Bonchev–Trinajstić information content (AvgIpc) is 2.62. The zero-order valence-electron chi connectivity index (χ0n) is 7.25. The number of hydrogen-bond donors (Lipinski definition) is 3. The summed E-state index contributed by atoms with van der Waals surface area (Å²) in [5.41, 5.74) is 1.05. The van der Waals surface area contributed by atoms with Crippen LogP contribution in [0.25, 0.3) is 11.2 Å². The number of anilines is 1. The van der Waals surface area contributed by atoms with Crippen LogP contribution in [-0.2, 0) is 6.73 Å². The topological polar surface area (TPSA) is 96.1 Å². The van der Waals surface area contributed by atoms with Gasteiger partial charge in [-0.05, 0) is 0 Å². The molecule has 0 atom stereocenters. The highest BCUT2D eigenvalue weighted by molar-refractivity contribution is 5.82. The zero-order chi connectivity index (χ0) is 9.97. The van der Waals surface area contributed by atoms with Crippen LogP contribution in [-0.4, -0.2) is 36.5 Å². The number of hydrogen-bond acceptors (Lipinski definition) is 6. The van der Waals surface area contributed by atoms with E-state index in [1.807, 2.05) is 0 Å². The van der Waals surface area contributed by atoms with Crippen molar-refractivity contribution in [3.8, 4) is 0 Å². The Hall–Kier alpha value is -1.73. The van der Waals surface area contributed by atoms with Crippen LogP contribution in [0.5, 0.6) is 0 Å². The summed E-state index contributed by atoms with van der Waals surface area (Å²) in [7, 11) is 0. The van der Waals surface area contributed by atoms with Crippen molar-refractivity contribution in [3.63, 3.8) is 0 Å². The maximum Gasteiger partial charge on any atom is 0.167 e. The van der Waals surface area contributed by atoms with Gasteiger partial charge in [0.05, 0.1) is 6.33 Å². The second kappa shape index (κ2) is 3.56. The van der Waals surface area contributed by atoms with Crippen molar-refractivity contribution in [1.29, 1.82) is 0 Å². The van der Waals surface area contributed by atoms with Gasteiger partial charge >= 0.3 is 0 Å². The number of nitrogens with one attached hydrogen (secondary N) is 1. The highest BCUT2D eigenvalue weighted by atomic mass is 16.3. The average molecular weight is 195 g/mol. The first kappa shape index (κ1) is 8.85. The Balaban J connectivity index is 2.58. The summed E-state index contributed by atoms with van der Waals surface area (Å²) in [5.74, 6) is 0.449. The van der Waals surface area contributed by atoms with Crippen LogP contribution < -0.4 is 5.32 Å². The smallest absolute Gasteiger partial charge is 0.167 e. The lowest BCUT2D eigenvalue weighted by molar-refractivity contribution is 0.214. The Morgan fingerprint density at radius 3 is 2.86 bits per heavy atom. The molecular weight excluding hydrogens is 186 g/mol. The van der Waals surface area contributed by atoms with Gasteiger partial charge in [0, 0.05) is 0 Å². The van der Waals surface area contributed by atoms with E-state index in [2.05, 4.69) is 20.3 Å². The molecule has 14 heavy (non-hydrogen) atoms. The Labute approximate surface area is 79.1 Å². The molecule has 0 aliphatic heterocycles. The van der Waals surface area contributed by atoms with E-state index in [-0.39, 0.29) is 13.5 Å². The van der Waals surface area contributed by atoms with E-state index in [9.17, 15) is 0 Å². The molecule has 0 spiro atoms. The molecule has 0 radical (unpaired) electrons. The summed E-state index contributed by atoms with van der Waals surface area (Å²) in [6.45, 7) is -0.413. The van der Waals surface area contributed by atoms with Crippen LogP contribution in [0.2, 0.25) is 0 Å². The molecule has 0 aliphatic carbocycles. The van der Waals surface area contributed by atoms with Crippen molar-refractivity contribution in [1.82, 2.24) is 19.5 Å². The fourth-order valence-corrected chi connectivity index (χ4v) is 1.19. The summed E-state index contributed by atoms with van der Waals surface area (Å²) in [6.07, 6.45) is 2.80. The summed E-state index contributed by atoms with van der Waals surface area (Å²) < 4.78 is 1.47. The van der Waals surface area contributed by atoms with Gasteiger partial charge in [-0.1, -0.05) is 0 Å². The van der Waals surface area contributed by atoms with Gasteiger partial charge in [-0.25, -0.2) is 15.0 Å². The van der Waals surface area contributed by atoms with Crippen LogP contribution in [0.4, 0.5) is 5.82 Å². The molecule has 0 fully saturated rings. The number of aliphatic hydroxyl groups is 2. The maximum atomic E-state index is 8.94. The minimum absolute atomic E-state index is 0.188. The number of aliphatic hydroxyl groups excluding tert-OH is 2. The van der Waals surface area contributed by atoms with Crippen molar-refractivity contribution in [2.24, 2.45) is 0 Å². The molecule has 74 valence electrons. The van der Waals surface area contributed by atoms with Crippen molar-refractivity contribution in [2.75, 3.05) is 12.0 Å². The predicted octanol–water partition coefficient (Wildman–Crippen LogP) is -0.862. The van der Waals surface area contributed by atoms with Crippen LogP contribution >= 0.6 is 0 Å². The Bertz CT molecular complexity index is 441. The summed E-state index contributed by atoms with van der Waals surface area (Å²) in [4.78, 5) is 11.9. The second-order valence-corrected chi connectivity index (χ2v) is 2.59. The Kier molecular flexibility index (Phi) is 2.25. The van der Waals surface area contributed by atoms with Gasteiger partial charge < -0.3 is 15.5 Å². The molecule has 2 aromatic heterocycles. The lowest BCUT2D eigenvalue weighted by Crippen LogP contribution is -2.03. The molecule has 3 N–H and O–H groups in total. The molecule has 0 unspecified atom stereocenters. The quantitative estimate of drug-likeness (QED) is 0.551. The normalized spacial score (nSPS) is 10.7. The summed E-state index contributed by atoms with van der Waals surface area (Å²) >= 11 is 0. The summed E-state index contributed by atoms with van der Waals surface area (Å²) in [5, 5.41) is 20.3. The second-order valence-electron chi connectivity index (χ2n) is 2.59. The fraction of sp³-hybridized carbons (Fsp3) is 0.286. The number of aromatic nitrogens is 4. The fourth-order valence-electron chi connectivity index (χ4n) is 1.19. The van der Waals surface area contributed by atoms with Crippen molar-refractivity contribution >= 4 is 17.0 Å². The molecule has 0 aliphatic rings. The number of rotatable bonds is 3. The lowest BCUT2D eigenvalue weighted by atomic mass is 10.5. The van der Waals surface area contributed by atoms with Gasteiger partial charge in [0.1, 0.15) is 19.8 Å². The molecule has 7 nitrogen and oxygen atoms in total. The Morgan fingerprint density at radius 2 is 2.14 bits per heavy atom. The first-order chi connectivity index (χ1) is 6.86. The van der Waals surface area contributed by atoms with E-state index in [1.165, 1.54) is 17.2 Å². The highest BCUT2D eigenvalue weighted by Gasteiger charge is 2.07. The van der Waals surface area contributed by atoms with Gasteiger partial charge in [0.15, 0.2) is 17.0 Å². The maximum absolute atomic E-state index is 8.94. The molecule has 0 amide bonds. The standard InChI is InChI=1S/C7H9N5O2/c13-3-11-6-5-7(9-1-8-6)12(4-14)2-10-5/h1-2,13-14H,3-4H2,(H,8,9,11). The first-order valence-electron chi connectivity index (χ1n) is 3.98. The van der Waals surface area contributed by atoms with Gasteiger partial charge in [-0.3, -0.25) is 4.57 Å². The predicted molar refractivity (Wildman–Crippen MR) is 48.3 cm³/mol. The van der Waals surface area contributed by atoms with E-state index in [4.69, 9.17) is 10.2 Å². The first-order valence-corrected chi connectivity index (χ1v) is 3.98. The molecule has 2 aromatic rings. The van der Waals surface area contributed by atoms with Crippen LogP contribution in [0, 0.1) is 0 Å². The van der Waals surface area contributed by atoms with Crippen molar-refractivity contribution in [2.45, 2.75) is 6.73 Å². The number of fused-ring (bicyclic) bond motifs is 1. The van der Waals surface area contributed by atoms with E-state index in [0.29, 0.717) is 17.0 Å². The van der Waals surface area contributed by atoms with Gasteiger partial charge in [-0.2, -0.15) is 0 Å². The van der Waals surface area contributed by atoms with Crippen LogP contribution in [0.3, 0.4) is 0 Å². The molecule has 0 bridgehead atoms. The van der Waals surface area contributed by atoms with Crippen LogP contribution in [0.15, 0.2) is 12.7 Å². The molecule has 0 saturated carbocycles. The minimum atomic E-state index is -0.224. The van der Waals surface area contributed by atoms with Crippen LogP contribution in [0.1, 0.15) is 0 Å². The molecular formula is C7H9N5O2. The molecule has 0 aromatic carbocycles. The molecule has 2 heterocycles. The minimum Gasteiger partial charge on any atom is -0.377 e. The lowest BCUT2D eigenvalue weighted by Gasteiger charge is -2.01. The monoisotopic (exact) mass is 195 g/mol.